The number of hydrogen-bond donors (Lipinski definition) is 2. The predicted molar refractivity (Wildman–Crippen MR) is 105 cm³/mol. The van der Waals surface area contributed by atoms with E-state index in [1.165, 1.54) is 34.3 Å². The summed E-state index contributed by atoms with van der Waals surface area (Å²) in [6, 6.07) is 10.3. The van der Waals surface area contributed by atoms with Gasteiger partial charge in [0.15, 0.2) is 11.5 Å². The highest BCUT2D eigenvalue weighted by Crippen LogP contribution is 2.40. The maximum absolute atomic E-state index is 12.2. The molecule has 0 saturated carbocycles. The second-order valence-electron chi connectivity index (χ2n) is 5.50. The van der Waals surface area contributed by atoms with Crippen LogP contribution in [0.2, 0.25) is 0 Å². The molecule has 0 saturated heterocycles. The maximum atomic E-state index is 12.2. The molecule has 142 valence electrons. The Labute approximate surface area is 157 Å². The zero-order valence-corrected chi connectivity index (χ0v) is 15.7. The maximum Gasteiger partial charge on any atom is 0.248 e. The molecular weight excluding hydrogens is 348 g/mol. The predicted octanol–water partition coefficient (Wildman–Crippen LogP) is 3.32. The standard InChI is InChI=1S/C20H22N2O5/c1-13(23)21-15-7-9-16(10-8-15)22-18(24)12-6-14-5-11-17(25-2)20(27-4)19(14)26-3/h5-12H,1-4H3,(H,21,23)(H,22,24)/b12-6+. The summed E-state index contributed by atoms with van der Waals surface area (Å²) in [6.45, 7) is 1.43. The first-order valence-corrected chi connectivity index (χ1v) is 8.14. The van der Waals surface area contributed by atoms with Gasteiger partial charge in [-0.05, 0) is 42.5 Å². The Hall–Kier alpha value is -3.48. The lowest BCUT2D eigenvalue weighted by atomic mass is 10.1. The van der Waals surface area contributed by atoms with Crippen molar-refractivity contribution in [2.75, 3.05) is 32.0 Å². The molecule has 2 aromatic carbocycles. The van der Waals surface area contributed by atoms with E-state index in [2.05, 4.69) is 10.6 Å². The highest BCUT2D eigenvalue weighted by atomic mass is 16.5. The number of benzene rings is 2. The first-order chi connectivity index (χ1) is 13.0. The van der Waals surface area contributed by atoms with Crippen LogP contribution in [0.1, 0.15) is 12.5 Å². The Morgan fingerprint density at radius 1 is 0.815 bits per heavy atom. The van der Waals surface area contributed by atoms with Gasteiger partial charge in [-0.2, -0.15) is 0 Å². The third kappa shape index (κ3) is 5.24. The molecule has 0 aliphatic heterocycles. The number of amides is 2. The second kappa shape index (κ2) is 9.28. The number of nitrogens with one attached hydrogen (secondary N) is 2. The van der Waals surface area contributed by atoms with Crippen molar-refractivity contribution in [3.8, 4) is 17.2 Å². The Morgan fingerprint density at radius 3 is 1.93 bits per heavy atom. The number of ether oxygens (including phenoxy) is 3. The van der Waals surface area contributed by atoms with E-state index in [-0.39, 0.29) is 11.8 Å². The highest BCUT2D eigenvalue weighted by Gasteiger charge is 2.14. The van der Waals surface area contributed by atoms with Crippen LogP contribution in [0.15, 0.2) is 42.5 Å². The van der Waals surface area contributed by atoms with E-state index < -0.39 is 0 Å². The van der Waals surface area contributed by atoms with Crippen LogP contribution in [-0.2, 0) is 9.59 Å². The zero-order chi connectivity index (χ0) is 19.8. The number of methoxy groups -OCH3 is 3. The minimum Gasteiger partial charge on any atom is -0.493 e. The van der Waals surface area contributed by atoms with Gasteiger partial charge in [-0.25, -0.2) is 0 Å². The van der Waals surface area contributed by atoms with Crippen molar-refractivity contribution >= 4 is 29.3 Å². The van der Waals surface area contributed by atoms with Gasteiger partial charge in [-0.3, -0.25) is 9.59 Å². The molecule has 0 fully saturated rings. The van der Waals surface area contributed by atoms with Gasteiger partial charge in [-0.15, -0.1) is 0 Å². The molecule has 7 heteroatoms. The molecule has 7 nitrogen and oxygen atoms in total. The quantitative estimate of drug-likeness (QED) is 0.730. The lowest BCUT2D eigenvalue weighted by Crippen LogP contribution is -2.08. The molecule has 0 aliphatic rings. The second-order valence-corrected chi connectivity index (χ2v) is 5.50. The van der Waals surface area contributed by atoms with Gasteiger partial charge in [0.1, 0.15) is 0 Å². The molecule has 0 atom stereocenters. The summed E-state index contributed by atoms with van der Waals surface area (Å²) >= 11 is 0. The number of rotatable bonds is 7. The van der Waals surface area contributed by atoms with Gasteiger partial charge in [0.2, 0.25) is 17.6 Å². The summed E-state index contributed by atoms with van der Waals surface area (Å²) in [7, 11) is 4.58. The average Bonchev–Trinajstić information content (AvgIpc) is 2.66. The summed E-state index contributed by atoms with van der Waals surface area (Å²) < 4.78 is 15.9. The Morgan fingerprint density at radius 2 is 1.41 bits per heavy atom. The Bertz CT molecular complexity index is 844. The van der Waals surface area contributed by atoms with Crippen LogP contribution in [0.5, 0.6) is 17.2 Å². The summed E-state index contributed by atoms with van der Waals surface area (Å²) in [6.07, 6.45) is 3.02. The number of carbonyl (C=O) groups excluding carboxylic acids is 2. The lowest BCUT2D eigenvalue weighted by molar-refractivity contribution is -0.114. The normalized spacial score (nSPS) is 10.4. The van der Waals surface area contributed by atoms with E-state index in [0.29, 0.717) is 34.2 Å². The fourth-order valence-electron chi connectivity index (χ4n) is 2.45. The average molecular weight is 370 g/mol. The fraction of sp³-hybridized carbons (Fsp3) is 0.200. The van der Waals surface area contributed by atoms with Crippen molar-refractivity contribution in [2.24, 2.45) is 0 Å². The SMILES string of the molecule is COc1ccc(/C=C/C(=O)Nc2ccc(NC(C)=O)cc2)c(OC)c1OC. The van der Waals surface area contributed by atoms with Crippen molar-refractivity contribution in [3.63, 3.8) is 0 Å². The smallest absolute Gasteiger partial charge is 0.248 e. The van der Waals surface area contributed by atoms with Gasteiger partial charge >= 0.3 is 0 Å². The summed E-state index contributed by atoms with van der Waals surface area (Å²) in [5, 5.41) is 5.41. The van der Waals surface area contributed by atoms with Crippen molar-refractivity contribution in [3.05, 3.63) is 48.0 Å². The van der Waals surface area contributed by atoms with E-state index in [9.17, 15) is 9.59 Å². The topological polar surface area (TPSA) is 85.9 Å². The minimum atomic E-state index is -0.306. The van der Waals surface area contributed by atoms with E-state index in [1.807, 2.05) is 0 Å². The Kier molecular flexibility index (Phi) is 6.82. The van der Waals surface area contributed by atoms with E-state index in [4.69, 9.17) is 14.2 Å². The highest BCUT2D eigenvalue weighted by molar-refractivity contribution is 6.02. The molecule has 0 bridgehead atoms. The first kappa shape index (κ1) is 19.8. The van der Waals surface area contributed by atoms with Crippen LogP contribution < -0.4 is 24.8 Å². The number of hydrogen-bond acceptors (Lipinski definition) is 5. The molecule has 0 heterocycles. The third-order valence-corrected chi connectivity index (χ3v) is 3.62. The van der Waals surface area contributed by atoms with Crippen LogP contribution in [0, 0.1) is 0 Å². The molecule has 0 aromatic heterocycles. The minimum absolute atomic E-state index is 0.154. The molecule has 2 N–H and O–H groups in total. The summed E-state index contributed by atoms with van der Waals surface area (Å²) in [5.74, 6) is 1.00. The van der Waals surface area contributed by atoms with Crippen LogP contribution in [-0.4, -0.2) is 33.1 Å². The van der Waals surface area contributed by atoms with Gasteiger partial charge in [0.05, 0.1) is 21.3 Å². The molecule has 0 radical (unpaired) electrons. The third-order valence-electron chi connectivity index (χ3n) is 3.62. The number of anilines is 2. The molecule has 0 unspecified atom stereocenters. The molecular formula is C20H22N2O5. The monoisotopic (exact) mass is 370 g/mol. The zero-order valence-electron chi connectivity index (χ0n) is 15.7. The van der Waals surface area contributed by atoms with Crippen molar-refractivity contribution in [1.82, 2.24) is 0 Å². The largest absolute Gasteiger partial charge is 0.493 e. The van der Waals surface area contributed by atoms with Crippen molar-refractivity contribution in [2.45, 2.75) is 6.92 Å². The molecule has 0 spiro atoms. The fourth-order valence-corrected chi connectivity index (χ4v) is 2.45. The lowest BCUT2D eigenvalue weighted by Gasteiger charge is -2.14. The van der Waals surface area contributed by atoms with Crippen LogP contribution >= 0.6 is 0 Å². The molecule has 0 aliphatic carbocycles. The van der Waals surface area contributed by atoms with Crippen LogP contribution in [0.25, 0.3) is 6.08 Å². The molecule has 2 rings (SSSR count). The van der Waals surface area contributed by atoms with Gasteiger partial charge in [-0.1, -0.05) is 0 Å². The van der Waals surface area contributed by atoms with Crippen molar-refractivity contribution in [1.29, 1.82) is 0 Å². The van der Waals surface area contributed by atoms with E-state index in [1.54, 1.807) is 42.5 Å². The van der Waals surface area contributed by atoms with Gasteiger partial charge < -0.3 is 24.8 Å². The molecule has 2 amide bonds. The first-order valence-electron chi connectivity index (χ1n) is 8.14. The molecule has 2 aromatic rings. The molecule has 27 heavy (non-hydrogen) atoms. The Balaban J connectivity index is 2.11. The van der Waals surface area contributed by atoms with Crippen LogP contribution in [0.4, 0.5) is 11.4 Å². The van der Waals surface area contributed by atoms with Gasteiger partial charge in [0, 0.05) is 29.9 Å². The van der Waals surface area contributed by atoms with E-state index >= 15 is 0 Å². The van der Waals surface area contributed by atoms with Crippen LogP contribution in [0.3, 0.4) is 0 Å². The number of carbonyl (C=O) groups is 2. The summed E-state index contributed by atoms with van der Waals surface area (Å²) in [4.78, 5) is 23.2. The summed E-state index contributed by atoms with van der Waals surface area (Å²) in [5.41, 5.74) is 1.94. The van der Waals surface area contributed by atoms with E-state index in [0.717, 1.165) is 0 Å². The van der Waals surface area contributed by atoms with Gasteiger partial charge in [0.25, 0.3) is 0 Å². The van der Waals surface area contributed by atoms with Crippen molar-refractivity contribution < 1.29 is 23.8 Å².